The number of hydrogen-bond donors (Lipinski definition) is 0. The predicted octanol–water partition coefficient (Wildman–Crippen LogP) is 1.94. The first-order valence-electron chi connectivity index (χ1n) is 4.92. The second kappa shape index (κ2) is 3.37. The smallest absolute Gasteiger partial charge is 0.302 e. The Morgan fingerprint density at radius 2 is 2.00 bits per heavy atom. The molecule has 1 atom stereocenters. The number of hydrogen-bond acceptors (Lipinski definition) is 3. The van der Waals surface area contributed by atoms with Crippen molar-refractivity contribution in [3.05, 3.63) is 0 Å². The van der Waals surface area contributed by atoms with Crippen LogP contribution in [0.5, 0.6) is 0 Å². The molecule has 0 amide bonds. The van der Waals surface area contributed by atoms with Crippen molar-refractivity contribution in [3.8, 4) is 0 Å². The molecule has 0 heterocycles. The summed E-state index contributed by atoms with van der Waals surface area (Å²) in [4.78, 5) is 22.4. The van der Waals surface area contributed by atoms with E-state index in [1.807, 2.05) is 6.92 Å². The van der Waals surface area contributed by atoms with Gasteiger partial charge >= 0.3 is 5.97 Å². The van der Waals surface area contributed by atoms with Crippen molar-refractivity contribution in [1.29, 1.82) is 0 Å². The molecule has 0 bridgehead atoms. The van der Waals surface area contributed by atoms with E-state index in [4.69, 9.17) is 4.74 Å². The molecule has 0 aromatic carbocycles. The first-order chi connectivity index (χ1) is 6.25. The molecule has 1 fully saturated rings. The van der Waals surface area contributed by atoms with Crippen LogP contribution in [0, 0.1) is 10.8 Å². The molecule has 0 aromatic heterocycles. The minimum Gasteiger partial charge on any atom is -0.465 e. The fraction of sp³-hybridized carbons (Fsp3) is 0.818. The van der Waals surface area contributed by atoms with Crippen LogP contribution in [0.2, 0.25) is 0 Å². The summed E-state index contributed by atoms with van der Waals surface area (Å²) in [6.07, 6.45) is 1.39. The molecule has 1 rings (SSSR count). The lowest BCUT2D eigenvalue weighted by atomic mass is 9.83. The third-order valence-corrected chi connectivity index (χ3v) is 2.78. The number of Topliss-reactive ketones (excluding diaryl/α,β-unsaturated/α-hetero) is 1. The summed E-state index contributed by atoms with van der Waals surface area (Å²) in [5, 5.41) is 0. The summed E-state index contributed by atoms with van der Waals surface area (Å²) >= 11 is 0. The molecule has 0 radical (unpaired) electrons. The standard InChI is InChI=1S/C11H18O3/c1-8(12)14-7-11(4)6-10(2,3)5-9(11)13/h5-7H2,1-4H3/t11-/m1/s1. The van der Waals surface area contributed by atoms with Gasteiger partial charge in [-0.3, -0.25) is 9.59 Å². The Hall–Kier alpha value is -0.860. The minimum atomic E-state index is -0.463. The van der Waals surface area contributed by atoms with E-state index in [2.05, 4.69) is 13.8 Å². The van der Waals surface area contributed by atoms with Crippen molar-refractivity contribution >= 4 is 11.8 Å². The highest BCUT2D eigenvalue weighted by Gasteiger charge is 2.47. The Bertz CT molecular complexity index is 268. The Morgan fingerprint density at radius 1 is 1.43 bits per heavy atom. The zero-order valence-electron chi connectivity index (χ0n) is 9.35. The quantitative estimate of drug-likeness (QED) is 0.637. The molecule has 1 saturated carbocycles. The molecule has 14 heavy (non-hydrogen) atoms. The van der Waals surface area contributed by atoms with Crippen molar-refractivity contribution in [2.75, 3.05) is 6.61 Å². The second-order valence-corrected chi connectivity index (χ2v) is 5.28. The number of ether oxygens (including phenoxy) is 1. The lowest BCUT2D eigenvalue weighted by molar-refractivity contribution is -0.146. The van der Waals surface area contributed by atoms with E-state index in [0.717, 1.165) is 6.42 Å². The zero-order valence-corrected chi connectivity index (χ0v) is 9.35. The molecular formula is C11H18O3. The van der Waals surface area contributed by atoms with Crippen LogP contribution in [-0.4, -0.2) is 18.4 Å². The number of ketones is 1. The van der Waals surface area contributed by atoms with E-state index in [1.165, 1.54) is 6.92 Å². The molecule has 0 saturated heterocycles. The topological polar surface area (TPSA) is 43.4 Å². The fourth-order valence-electron chi connectivity index (χ4n) is 2.26. The Labute approximate surface area is 84.8 Å². The molecule has 1 aliphatic rings. The van der Waals surface area contributed by atoms with Crippen LogP contribution in [0.1, 0.15) is 40.5 Å². The Balaban J connectivity index is 2.66. The normalized spacial score (nSPS) is 30.4. The first kappa shape index (κ1) is 11.2. The highest BCUT2D eigenvalue weighted by atomic mass is 16.5. The molecule has 1 aliphatic carbocycles. The molecular weight excluding hydrogens is 180 g/mol. The SMILES string of the molecule is CC(=O)OC[C@@]1(C)CC(C)(C)CC1=O. The summed E-state index contributed by atoms with van der Waals surface area (Å²) in [6.45, 7) is 7.62. The lowest BCUT2D eigenvalue weighted by Gasteiger charge is -2.23. The van der Waals surface area contributed by atoms with E-state index < -0.39 is 5.41 Å². The van der Waals surface area contributed by atoms with Crippen LogP contribution in [-0.2, 0) is 14.3 Å². The monoisotopic (exact) mass is 198 g/mol. The van der Waals surface area contributed by atoms with Crippen molar-refractivity contribution in [3.63, 3.8) is 0 Å². The number of rotatable bonds is 2. The maximum absolute atomic E-state index is 11.7. The van der Waals surface area contributed by atoms with Crippen molar-refractivity contribution in [1.82, 2.24) is 0 Å². The average Bonchev–Trinajstić information content (AvgIpc) is 2.18. The summed E-state index contributed by atoms with van der Waals surface area (Å²) in [7, 11) is 0. The van der Waals surface area contributed by atoms with Crippen molar-refractivity contribution in [2.45, 2.75) is 40.5 Å². The second-order valence-electron chi connectivity index (χ2n) is 5.28. The average molecular weight is 198 g/mol. The number of carbonyl (C=O) groups is 2. The number of esters is 1. The van der Waals surface area contributed by atoms with Gasteiger partial charge in [0.05, 0.1) is 5.41 Å². The van der Waals surface area contributed by atoms with Gasteiger partial charge in [0.25, 0.3) is 0 Å². The maximum Gasteiger partial charge on any atom is 0.302 e. The predicted molar refractivity (Wildman–Crippen MR) is 52.8 cm³/mol. The van der Waals surface area contributed by atoms with Gasteiger partial charge in [-0.2, -0.15) is 0 Å². The Morgan fingerprint density at radius 3 is 2.36 bits per heavy atom. The molecule has 0 N–H and O–H groups in total. The number of carbonyl (C=O) groups excluding carboxylic acids is 2. The third-order valence-electron chi connectivity index (χ3n) is 2.78. The van der Waals surface area contributed by atoms with Gasteiger partial charge in [-0.1, -0.05) is 13.8 Å². The summed E-state index contributed by atoms with van der Waals surface area (Å²) in [5.41, 5.74) is -0.416. The zero-order chi connectivity index (χ0) is 11.0. The van der Waals surface area contributed by atoms with Gasteiger partial charge in [-0.15, -0.1) is 0 Å². The van der Waals surface area contributed by atoms with Gasteiger partial charge in [0.2, 0.25) is 0 Å². The lowest BCUT2D eigenvalue weighted by Crippen LogP contribution is -2.29. The van der Waals surface area contributed by atoms with Crippen LogP contribution in [0.4, 0.5) is 0 Å². The Kier molecular flexibility index (Phi) is 2.70. The highest BCUT2D eigenvalue weighted by Crippen LogP contribution is 2.46. The largest absolute Gasteiger partial charge is 0.465 e. The van der Waals surface area contributed by atoms with Crippen LogP contribution in [0.25, 0.3) is 0 Å². The van der Waals surface area contributed by atoms with E-state index in [9.17, 15) is 9.59 Å². The van der Waals surface area contributed by atoms with E-state index in [1.54, 1.807) is 0 Å². The van der Waals surface area contributed by atoms with Crippen LogP contribution in [0.15, 0.2) is 0 Å². The summed E-state index contributed by atoms with van der Waals surface area (Å²) in [6, 6.07) is 0. The van der Waals surface area contributed by atoms with Gasteiger partial charge < -0.3 is 4.74 Å². The van der Waals surface area contributed by atoms with Gasteiger partial charge in [-0.25, -0.2) is 0 Å². The van der Waals surface area contributed by atoms with Crippen LogP contribution >= 0.6 is 0 Å². The molecule has 3 nitrogen and oxygen atoms in total. The van der Waals surface area contributed by atoms with Crippen LogP contribution < -0.4 is 0 Å². The minimum absolute atomic E-state index is 0.0476. The highest BCUT2D eigenvalue weighted by molar-refractivity contribution is 5.87. The first-order valence-corrected chi connectivity index (χ1v) is 4.92. The van der Waals surface area contributed by atoms with E-state index in [0.29, 0.717) is 6.42 Å². The van der Waals surface area contributed by atoms with Crippen LogP contribution in [0.3, 0.4) is 0 Å². The molecule has 80 valence electrons. The van der Waals surface area contributed by atoms with Crippen molar-refractivity contribution in [2.24, 2.45) is 10.8 Å². The van der Waals surface area contributed by atoms with E-state index >= 15 is 0 Å². The molecule has 0 unspecified atom stereocenters. The maximum atomic E-state index is 11.7. The van der Waals surface area contributed by atoms with Gasteiger partial charge in [0, 0.05) is 13.3 Å². The summed E-state index contributed by atoms with van der Waals surface area (Å²) in [5.74, 6) is -0.104. The van der Waals surface area contributed by atoms with Gasteiger partial charge in [0.1, 0.15) is 12.4 Å². The fourth-order valence-corrected chi connectivity index (χ4v) is 2.26. The third kappa shape index (κ3) is 2.34. The van der Waals surface area contributed by atoms with Gasteiger partial charge in [-0.05, 0) is 18.8 Å². The van der Waals surface area contributed by atoms with Crippen molar-refractivity contribution < 1.29 is 14.3 Å². The molecule has 0 aromatic rings. The van der Waals surface area contributed by atoms with Gasteiger partial charge in [0.15, 0.2) is 0 Å². The molecule has 0 spiro atoms. The van der Waals surface area contributed by atoms with E-state index in [-0.39, 0.29) is 23.8 Å². The molecule has 0 aliphatic heterocycles. The summed E-state index contributed by atoms with van der Waals surface area (Å²) < 4.78 is 4.93. The molecule has 3 heteroatoms.